The van der Waals surface area contributed by atoms with E-state index in [4.69, 9.17) is 0 Å². The van der Waals surface area contributed by atoms with Gasteiger partial charge in [-0.2, -0.15) is 0 Å². The van der Waals surface area contributed by atoms with Crippen molar-refractivity contribution >= 4 is 29.0 Å². The van der Waals surface area contributed by atoms with E-state index in [0.29, 0.717) is 6.54 Å². The van der Waals surface area contributed by atoms with Crippen LogP contribution in [0.5, 0.6) is 0 Å². The van der Waals surface area contributed by atoms with Gasteiger partial charge in [0.05, 0.1) is 6.04 Å². The van der Waals surface area contributed by atoms with Crippen LogP contribution in [0.3, 0.4) is 0 Å². The minimum absolute atomic E-state index is 0.0306. The number of carbonyl (C=O) groups excluding carboxylic acids is 2. The summed E-state index contributed by atoms with van der Waals surface area (Å²) in [7, 11) is 1.80. The number of carbonyl (C=O) groups is 2. The molecule has 1 unspecified atom stereocenters. The van der Waals surface area contributed by atoms with Gasteiger partial charge >= 0.3 is 6.03 Å². The monoisotopic (exact) mass is 371 g/mol. The highest BCUT2D eigenvalue weighted by molar-refractivity contribution is 7.10. The van der Waals surface area contributed by atoms with Crippen LogP contribution in [0.4, 0.5) is 10.5 Å². The van der Waals surface area contributed by atoms with Gasteiger partial charge in [-0.15, -0.1) is 11.3 Å². The summed E-state index contributed by atoms with van der Waals surface area (Å²) in [4.78, 5) is 27.3. The number of thiophene rings is 1. The van der Waals surface area contributed by atoms with E-state index in [0.717, 1.165) is 35.4 Å². The van der Waals surface area contributed by atoms with E-state index in [1.807, 2.05) is 48.7 Å². The van der Waals surface area contributed by atoms with Crippen molar-refractivity contribution in [2.45, 2.75) is 38.8 Å². The third-order valence-electron chi connectivity index (χ3n) is 4.97. The lowest BCUT2D eigenvalue weighted by molar-refractivity contribution is -0.122. The first kappa shape index (κ1) is 18.5. The lowest BCUT2D eigenvalue weighted by Gasteiger charge is -2.25. The Morgan fingerprint density at radius 3 is 2.73 bits per heavy atom. The van der Waals surface area contributed by atoms with Gasteiger partial charge in [-0.05, 0) is 48.9 Å². The third kappa shape index (κ3) is 4.43. The molecule has 1 aliphatic carbocycles. The number of nitrogens with zero attached hydrogens (tertiary/aromatic N) is 1. The second kappa shape index (κ2) is 8.36. The van der Waals surface area contributed by atoms with Crippen LogP contribution in [-0.2, 0) is 11.3 Å². The van der Waals surface area contributed by atoms with Gasteiger partial charge in [-0.3, -0.25) is 4.79 Å². The molecule has 26 heavy (non-hydrogen) atoms. The molecule has 5 nitrogen and oxygen atoms in total. The molecule has 2 N–H and O–H groups in total. The molecule has 0 radical (unpaired) electrons. The number of hydrogen-bond donors (Lipinski definition) is 2. The molecule has 2 aromatic rings. The predicted molar refractivity (Wildman–Crippen MR) is 105 cm³/mol. The minimum atomic E-state index is -0.116. The van der Waals surface area contributed by atoms with Crippen LogP contribution in [0.2, 0.25) is 0 Å². The molecule has 1 aromatic carbocycles. The van der Waals surface area contributed by atoms with Crippen molar-refractivity contribution in [3.63, 3.8) is 0 Å². The number of urea groups is 1. The average molecular weight is 372 g/mol. The summed E-state index contributed by atoms with van der Waals surface area (Å²) in [5.74, 6) is 0.257. The van der Waals surface area contributed by atoms with Crippen molar-refractivity contribution in [2.24, 2.45) is 5.92 Å². The number of rotatable bonds is 6. The van der Waals surface area contributed by atoms with E-state index in [1.54, 1.807) is 23.3 Å². The van der Waals surface area contributed by atoms with Crippen molar-refractivity contribution in [2.75, 3.05) is 12.4 Å². The number of benzene rings is 1. The highest BCUT2D eigenvalue weighted by Gasteiger charge is 2.25. The van der Waals surface area contributed by atoms with Crippen LogP contribution in [0.25, 0.3) is 0 Å². The molecule has 1 fully saturated rings. The van der Waals surface area contributed by atoms with Gasteiger partial charge in [0.15, 0.2) is 0 Å². The molecule has 0 bridgehead atoms. The second-order valence-corrected chi connectivity index (χ2v) is 7.76. The van der Waals surface area contributed by atoms with Crippen LogP contribution < -0.4 is 10.6 Å². The first-order valence-corrected chi connectivity index (χ1v) is 9.86. The maximum atomic E-state index is 12.4. The quantitative estimate of drug-likeness (QED) is 0.791. The summed E-state index contributed by atoms with van der Waals surface area (Å²) in [5, 5.41) is 7.93. The molecule has 1 atom stereocenters. The molecule has 3 rings (SSSR count). The lowest BCUT2D eigenvalue weighted by atomic mass is 9.85. The zero-order valence-electron chi connectivity index (χ0n) is 15.2. The summed E-state index contributed by atoms with van der Waals surface area (Å²) in [6.07, 6.45) is 3.11. The molecular weight excluding hydrogens is 346 g/mol. The highest BCUT2D eigenvalue weighted by atomic mass is 32.1. The maximum Gasteiger partial charge on any atom is 0.317 e. The van der Waals surface area contributed by atoms with Crippen LogP contribution in [0.1, 0.15) is 42.7 Å². The Kier molecular flexibility index (Phi) is 5.93. The molecule has 138 valence electrons. The van der Waals surface area contributed by atoms with E-state index in [2.05, 4.69) is 10.6 Å². The normalized spacial score (nSPS) is 15.0. The number of nitrogens with one attached hydrogen (secondary N) is 2. The minimum Gasteiger partial charge on any atom is -0.334 e. The van der Waals surface area contributed by atoms with E-state index < -0.39 is 0 Å². The van der Waals surface area contributed by atoms with Crippen molar-refractivity contribution in [1.29, 1.82) is 0 Å². The summed E-state index contributed by atoms with van der Waals surface area (Å²) in [5.41, 5.74) is 1.75. The van der Waals surface area contributed by atoms with Crippen molar-refractivity contribution in [3.8, 4) is 0 Å². The molecule has 1 aliphatic rings. The second-order valence-electron chi connectivity index (χ2n) is 6.78. The van der Waals surface area contributed by atoms with Crippen LogP contribution in [0.15, 0.2) is 41.8 Å². The lowest BCUT2D eigenvalue weighted by Crippen LogP contribution is -2.38. The van der Waals surface area contributed by atoms with Gasteiger partial charge in [-0.1, -0.05) is 24.6 Å². The van der Waals surface area contributed by atoms with Crippen LogP contribution >= 0.6 is 11.3 Å². The Morgan fingerprint density at radius 1 is 1.27 bits per heavy atom. The fraction of sp³-hybridized carbons (Fsp3) is 0.400. The summed E-state index contributed by atoms with van der Waals surface area (Å²) >= 11 is 1.65. The van der Waals surface area contributed by atoms with Gasteiger partial charge < -0.3 is 15.5 Å². The molecule has 1 saturated carbocycles. The maximum absolute atomic E-state index is 12.4. The average Bonchev–Trinajstić information content (AvgIpc) is 3.11. The van der Waals surface area contributed by atoms with Crippen molar-refractivity contribution in [1.82, 2.24) is 10.2 Å². The molecule has 3 amide bonds. The first-order chi connectivity index (χ1) is 12.5. The highest BCUT2D eigenvalue weighted by Crippen LogP contribution is 2.27. The van der Waals surface area contributed by atoms with Crippen LogP contribution in [0, 0.1) is 5.92 Å². The summed E-state index contributed by atoms with van der Waals surface area (Å²) < 4.78 is 0. The molecule has 6 heteroatoms. The molecule has 0 aliphatic heterocycles. The zero-order chi connectivity index (χ0) is 18.5. The first-order valence-electron chi connectivity index (χ1n) is 8.98. The Bertz CT molecular complexity index is 756. The van der Waals surface area contributed by atoms with E-state index >= 15 is 0 Å². The van der Waals surface area contributed by atoms with E-state index in [9.17, 15) is 9.59 Å². The third-order valence-corrected chi connectivity index (χ3v) is 6.01. The van der Waals surface area contributed by atoms with Gasteiger partial charge in [0.1, 0.15) is 0 Å². The fourth-order valence-corrected chi connectivity index (χ4v) is 3.70. The molecule has 0 saturated heterocycles. The van der Waals surface area contributed by atoms with Crippen LogP contribution in [-0.4, -0.2) is 23.9 Å². The molecule has 1 heterocycles. The largest absolute Gasteiger partial charge is 0.334 e. The van der Waals surface area contributed by atoms with Gasteiger partial charge in [-0.25, -0.2) is 4.79 Å². The van der Waals surface area contributed by atoms with Crippen molar-refractivity contribution < 1.29 is 9.59 Å². The summed E-state index contributed by atoms with van der Waals surface area (Å²) in [6.45, 7) is 2.44. The smallest absolute Gasteiger partial charge is 0.317 e. The van der Waals surface area contributed by atoms with Gasteiger partial charge in [0.2, 0.25) is 5.91 Å². The molecule has 1 aromatic heterocycles. The standard InChI is InChI=1S/C20H25N3O2S/c1-14(18-10-5-11-26-18)23(2)20(25)21-13-15-6-3-9-17(12-15)22-19(24)16-7-4-8-16/h3,5-6,9-12,14,16H,4,7-8,13H2,1-2H3,(H,21,25)(H,22,24). The fourth-order valence-electron chi connectivity index (χ4n) is 2.87. The number of hydrogen-bond acceptors (Lipinski definition) is 3. The SMILES string of the molecule is CC(c1cccs1)N(C)C(=O)NCc1cccc(NC(=O)C2CCC2)c1. The Balaban J connectivity index is 1.53. The van der Waals surface area contributed by atoms with Gasteiger partial charge in [0, 0.05) is 30.1 Å². The molecular formula is C20H25N3O2S. The predicted octanol–water partition coefficient (Wildman–Crippen LogP) is 4.39. The van der Waals surface area contributed by atoms with E-state index in [-0.39, 0.29) is 23.9 Å². The van der Waals surface area contributed by atoms with Gasteiger partial charge in [0.25, 0.3) is 0 Å². The number of anilines is 1. The number of amides is 3. The summed E-state index contributed by atoms with van der Waals surface area (Å²) in [6, 6.07) is 11.6. The van der Waals surface area contributed by atoms with Crippen molar-refractivity contribution in [3.05, 3.63) is 52.2 Å². The van der Waals surface area contributed by atoms with E-state index in [1.165, 1.54) is 0 Å². The Morgan fingerprint density at radius 2 is 2.08 bits per heavy atom. The topological polar surface area (TPSA) is 61.4 Å². The Hall–Kier alpha value is -2.34. The molecule has 0 spiro atoms. The zero-order valence-corrected chi connectivity index (χ0v) is 16.0. The Labute approximate surface area is 158 Å².